The highest BCUT2D eigenvalue weighted by molar-refractivity contribution is 5.75. The summed E-state index contributed by atoms with van der Waals surface area (Å²) in [6.45, 7) is 3.09. The fraction of sp³-hybridized carbons (Fsp3) is 0.500. The van der Waals surface area contributed by atoms with E-state index in [4.69, 9.17) is 4.74 Å². The van der Waals surface area contributed by atoms with Crippen LogP contribution in [-0.4, -0.2) is 76.3 Å². The van der Waals surface area contributed by atoms with Crippen molar-refractivity contribution in [3.8, 4) is 0 Å². The van der Waals surface area contributed by atoms with Crippen LogP contribution in [0.1, 0.15) is 17.4 Å². The van der Waals surface area contributed by atoms with Gasteiger partial charge in [-0.15, -0.1) is 5.10 Å². The molecule has 1 aliphatic heterocycles. The number of hydrogen-bond acceptors (Lipinski definition) is 6. The van der Waals surface area contributed by atoms with Gasteiger partial charge in [0.2, 0.25) is 5.91 Å². The van der Waals surface area contributed by atoms with Crippen molar-refractivity contribution in [3.63, 3.8) is 0 Å². The molecule has 0 saturated carbocycles. The molecular formula is C16H22N6O2. The van der Waals surface area contributed by atoms with Gasteiger partial charge in [0.05, 0.1) is 19.3 Å². The number of aromatic nitrogens is 4. The number of tetrazole rings is 1. The van der Waals surface area contributed by atoms with Crippen LogP contribution >= 0.6 is 0 Å². The van der Waals surface area contributed by atoms with E-state index in [1.165, 1.54) is 4.90 Å². The Hall–Kier alpha value is -2.32. The summed E-state index contributed by atoms with van der Waals surface area (Å²) in [5, 5.41) is 12.1. The van der Waals surface area contributed by atoms with Gasteiger partial charge in [-0.25, -0.2) is 4.68 Å². The minimum Gasteiger partial charge on any atom is -0.379 e. The molecule has 2 heterocycles. The molecule has 1 saturated heterocycles. The number of ether oxygens (including phenoxy) is 1. The van der Waals surface area contributed by atoms with Gasteiger partial charge in [0.15, 0.2) is 5.82 Å². The molecule has 128 valence electrons. The normalized spacial score (nSPS) is 16.8. The molecule has 0 radical (unpaired) electrons. The van der Waals surface area contributed by atoms with Crippen molar-refractivity contribution in [2.45, 2.75) is 12.6 Å². The summed E-state index contributed by atoms with van der Waals surface area (Å²) in [7, 11) is 3.45. The minimum atomic E-state index is -0.0972. The first kappa shape index (κ1) is 16.5. The lowest BCUT2D eigenvalue weighted by Gasteiger charge is -2.33. The summed E-state index contributed by atoms with van der Waals surface area (Å²) in [5.74, 6) is 0.635. The maximum Gasteiger partial charge on any atom is 0.243 e. The third kappa shape index (κ3) is 3.60. The molecule has 1 aromatic carbocycles. The maximum atomic E-state index is 12.1. The largest absolute Gasteiger partial charge is 0.379 e. The van der Waals surface area contributed by atoms with Crippen LogP contribution in [0.25, 0.3) is 0 Å². The lowest BCUT2D eigenvalue weighted by Crippen LogP contribution is -2.41. The third-order valence-corrected chi connectivity index (χ3v) is 4.11. The van der Waals surface area contributed by atoms with Crippen LogP contribution in [0.15, 0.2) is 30.3 Å². The highest BCUT2D eigenvalue weighted by Crippen LogP contribution is 2.27. The predicted molar refractivity (Wildman–Crippen MR) is 87.2 cm³/mol. The number of carbonyl (C=O) groups excluding carboxylic acids is 1. The first-order valence-corrected chi connectivity index (χ1v) is 8.00. The summed E-state index contributed by atoms with van der Waals surface area (Å²) in [5.41, 5.74) is 1.10. The number of nitrogens with zero attached hydrogens (tertiary/aromatic N) is 6. The monoisotopic (exact) mass is 330 g/mol. The number of morpholine rings is 1. The molecule has 0 N–H and O–H groups in total. The van der Waals surface area contributed by atoms with Gasteiger partial charge in [0.25, 0.3) is 0 Å². The summed E-state index contributed by atoms with van der Waals surface area (Å²) >= 11 is 0. The zero-order valence-corrected chi connectivity index (χ0v) is 14.0. The Morgan fingerprint density at radius 2 is 1.96 bits per heavy atom. The molecular weight excluding hydrogens is 308 g/mol. The van der Waals surface area contributed by atoms with Crippen molar-refractivity contribution in [2.75, 3.05) is 40.4 Å². The maximum absolute atomic E-state index is 12.1. The lowest BCUT2D eigenvalue weighted by molar-refractivity contribution is -0.129. The second-order valence-electron chi connectivity index (χ2n) is 5.94. The van der Waals surface area contributed by atoms with Crippen LogP contribution in [0.4, 0.5) is 0 Å². The smallest absolute Gasteiger partial charge is 0.243 e. The fourth-order valence-electron chi connectivity index (χ4n) is 2.78. The van der Waals surface area contributed by atoms with Gasteiger partial charge in [-0.2, -0.15) is 0 Å². The second kappa shape index (κ2) is 7.50. The van der Waals surface area contributed by atoms with Crippen LogP contribution in [0.3, 0.4) is 0 Å². The Kier molecular flexibility index (Phi) is 5.17. The van der Waals surface area contributed by atoms with E-state index < -0.39 is 0 Å². The molecule has 3 rings (SSSR count). The highest BCUT2D eigenvalue weighted by atomic mass is 16.5. The topological polar surface area (TPSA) is 76.4 Å². The molecule has 1 amide bonds. The molecule has 24 heavy (non-hydrogen) atoms. The highest BCUT2D eigenvalue weighted by Gasteiger charge is 2.29. The zero-order chi connectivity index (χ0) is 16.9. The van der Waals surface area contributed by atoms with E-state index in [-0.39, 0.29) is 18.5 Å². The van der Waals surface area contributed by atoms with Crippen LogP contribution in [-0.2, 0) is 16.1 Å². The first-order valence-electron chi connectivity index (χ1n) is 8.00. The van der Waals surface area contributed by atoms with Crippen molar-refractivity contribution in [1.29, 1.82) is 0 Å². The molecule has 0 spiro atoms. The summed E-state index contributed by atoms with van der Waals surface area (Å²) < 4.78 is 7.06. The van der Waals surface area contributed by atoms with Gasteiger partial charge in [0, 0.05) is 27.2 Å². The van der Waals surface area contributed by atoms with E-state index in [0.717, 1.165) is 18.7 Å². The van der Waals surface area contributed by atoms with Crippen LogP contribution in [0.5, 0.6) is 0 Å². The molecule has 1 aromatic heterocycles. The van der Waals surface area contributed by atoms with E-state index in [1.54, 1.807) is 18.8 Å². The number of amides is 1. The average molecular weight is 330 g/mol. The van der Waals surface area contributed by atoms with E-state index in [0.29, 0.717) is 19.0 Å². The van der Waals surface area contributed by atoms with Crippen molar-refractivity contribution in [2.24, 2.45) is 0 Å². The van der Waals surface area contributed by atoms with Crippen molar-refractivity contribution in [3.05, 3.63) is 41.7 Å². The quantitative estimate of drug-likeness (QED) is 0.779. The number of carbonyl (C=O) groups is 1. The Labute approximate surface area is 141 Å². The molecule has 8 heteroatoms. The molecule has 0 aliphatic carbocycles. The Morgan fingerprint density at radius 3 is 2.62 bits per heavy atom. The molecule has 1 aliphatic rings. The van der Waals surface area contributed by atoms with Gasteiger partial charge in [0.1, 0.15) is 6.54 Å². The lowest BCUT2D eigenvalue weighted by atomic mass is 10.0. The predicted octanol–water partition coefficient (Wildman–Crippen LogP) is 0.183. The molecule has 0 unspecified atom stereocenters. The Balaban J connectivity index is 1.94. The van der Waals surface area contributed by atoms with Crippen LogP contribution in [0, 0.1) is 0 Å². The van der Waals surface area contributed by atoms with Crippen molar-refractivity contribution in [1.82, 2.24) is 30.0 Å². The molecule has 8 nitrogen and oxygen atoms in total. The van der Waals surface area contributed by atoms with Crippen LogP contribution in [0.2, 0.25) is 0 Å². The molecule has 1 atom stereocenters. The van der Waals surface area contributed by atoms with Crippen molar-refractivity contribution >= 4 is 5.91 Å². The fourth-order valence-corrected chi connectivity index (χ4v) is 2.78. The van der Waals surface area contributed by atoms with Crippen molar-refractivity contribution < 1.29 is 9.53 Å². The van der Waals surface area contributed by atoms with E-state index >= 15 is 0 Å². The number of rotatable bonds is 5. The number of likely N-dealkylation sites (N-methyl/N-ethyl adjacent to an activating group) is 1. The van der Waals surface area contributed by atoms with Gasteiger partial charge in [-0.05, 0) is 16.0 Å². The summed E-state index contributed by atoms with van der Waals surface area (Å²) in [6.07, 6.45) is 0. The third-order valence-electron chi connectivity index (χ3n) is 4.11. The molecule has 1 fully saturated rings. The van der Waals surface area contributed by atoms with Gasteiger partial charge in [-0.1, -0.05) is 30.3 Å². The zero-order valence-electron chi connectivity index (χ0n) is 14.0. The molecule has 2 aromatic rings. The van der Waals surface area contributed by atoms with Gasteiger partial charge >= 0.3 is 0 Å². The SMILES string of the molecule is CN(C)C(=O)Cn1nnnc1[C@H](c1ccccc1)N1CCOCC1. The second-order valence-corrected chi connectivity index (χ2v) is 5.94. The number of hydrogen-bond donors (Lipinski definition) is 0. The number of benzene rings is 1. The van der Waals surface area contributed by atoms with Gasteiger partial charge < -0.3 is 9.64 Å². The van der Waals surface area contributed by atoms with Crippen LogP contribution < -0.4 is 0 Å². The average Bonchev–Trinajstić information content (AvgIpc) is 3.05. The van der Waals surface area contributed by atoms with E-state index in [9.17, 15) is 4.79 Å². The minimum absolute atomic E-state index is 0.0441. The molecule has 0 bridgehead atoms. The summed E-state index contributed by atoms with van der Waals surface area (Å²) in [4.78, 5) is 15.9. The van der Waals surface area contributed by atoms with E-state index in [1.807, 2.05) is 18.2 Å². The Morgan fingerprint density at radius 1 is 1.25 bits per heavy atom. The van der Waals surface area contributed by atoms with Gasteiger partial charge in [-0.3, -0.25) is 9.69 Å². The standard InChI is InChI=1S/C16H22N6O2/c1-20(2)14(23)12-22-16(17-18-19-22)15(13-6-4-3-5-7-13)21-8-10-24-11-9-21/h3-7,15H,8-12H2,1-2H3/t15-/m0/s1. The van der Waals surface area contributed by atoms with E-state index in [2.05, 4.69) is 32.6 Å². The Bertz CT molecular complexity index is 666. The summed E-state index contributed by atoms with van der Waals surface area (Å²) in [6, 6.07) is 10.0. The first-order chi connectivity index (χ1) is 11.7.